The Kier molecular flexibility index (Phi) is 8.10. The molecule has 6 nitrogen and oxygen atoms in total. The molecule has 0 radical (unpaired) electrons. The van der Waals surface area contributed by atoms with Gasteiger partial charge in [-0.3, -0.25) is 4.90 Å². The van der Waals surface area contributed by atoms with Gasteiger partial charge in [-0.1, -0.05) is 29.8 Å². The van der Waals surface area contributed by atoms with Crippen molar-refractivity contribution >= 4 is 0 Å². The summed E-state index contributed by atoms with van der Waals surface area (Å²) in [5.41, 5.74) is 1.31. The van der Waals surface area contributed by atoms with E-state index in [1.165, 1.54) is 11.1 Å². The van der Waals surface area contributed by atoms with Gasteiger partial charge in [-0.25, -0.2) is 0 Å². The predicted molar refractivity (Wildman–Crippen MR) is 118 cm³/mol. The second kappa shape index (κ2) is 10.8. The molecule has 1 heterocycles. The highest BCUT2D eigenvalue weighted by Crippen LogP contribution is 2.20. The monoisotopic (exact) mass is 414 g/mol. The van der Waals surface area contributed by atoms with Crippen LogP contribution < -0.4 is 9.47 Å². The lowest BCUT2D eigenvalue weighted by atomic mass is 10.1. The molecule has 2 aromatic carbocycles. The average molecular weight is 415 g/mol. The van der Waals surface area contributed by atoms with Crippen LogP contribution in [0.1, 0.15) is 11.1 Å². The van der Waals surface area contributed by atoms with E-state index in [0.29, 0.717) is 19.8 Å². The Morgan fingerprint density at radius 3 is 2.40 bits per heavy atom. The molecule has 1 aliphatic heterocycles. The molecule has 1 atom stereocenters. The van der Waals surface area contributed by atoms with Crippen molar-refractivity contribution in [2.24, 2.45) is 0 Å². The third kappa shape index (κ3) is 7.29. The molecular formula is C24H34N2O4. The smallest absolute Gasteiger partial charge is 0.134 e. The molecule has 6 heteroatoms. The largest absolute Gasteiger partial charge is 0.492 e. The number of benzene rings is 2. The van der Waals surface area contributed by atoms with E-state index >= 15 is 0 Å². The van der Waals surface area contributed by atoms with Crippen molar-refractivity contribution in [3.8, 4) is 11.5 Å². The first-order chi connectivity index (χ1) is 14.4. The van der Waals surface area contributed by atoms with Crippen LogP contribution in [-0.4, -0.2) is 80.7 Å². The third-order valence-electron chi connectivity index (χ3n) is 5.11. The van der Waals surface area contributed by atoms with Crippen LogP contribution in [0, 0.1) is 6.92 Å². The minimum atomic E-state index is -1.05. The SMILES string of the molecule is Cc1ccc(OC[C@]2(O)COCCN(Cc3ccc(OCCN(C)C)cc3)C2)cc1. The molecule has 2 aromatic rings. The molecule has 0 saturated carbocycles. The molecule has 30 heavy (non-hydrogen) atoms. The quantitative estimate of drug-likeness (QED) is 0.681. The normalized spacial score (nSPS) is 20.2. The number of β-amino-alcohol motifs (C(OH)–C–C–N with tert-alkyl or cyclic N) is 1. The molecule has 1 N–H and O–H groups in total. The van der Waals surface area contributed by atoms with Crippen molar-refractivity contribution < 1.29 is 19.3 Å². The van der Waals surface area contributed by atoms with E-state index in [1.807, 2.05) is 57.4 Å². The maximum Gasteiger partial charge on any atom is 0.134 e. The molecular weight excluding hydrogens is 380 g/mol. The summed E-state index contributed by atoms with van der Waals surface area (Å²) in [6.07, 6.45) is 0. The predicted octanol–water partition coefficient (Wildman–Crippen LogP) is 2.58. The lowest BCUT2D eigenvalue weighted by Crippen LogP contribution is -2.48. The molecule has 0 amide bonds. The molecule has 0 bridgehead atoms. The van der Waals surface area contributed by atoms with E-state index in [-0.39, 0.29) is 13.2 Å². The molecule has 0 unspecified atom stereocenters. The maximum atomic E-state index is 11.1. The summed E-state index contributed by atoms with van der Waals surface area (Å²) in [6.45, 7) is 6.68. The van der Waals surface area contributed by atoms with Gasteiger partial charge < -0.3 is 24.2 Å². The second-order valence-electron chi connectivity index (χ2n) is 8.38. The fourth-order valence-electron chi connectivity index (χ4n) is 3.37. The van der Waals surface area contributed by atoms with Gasteiger partial charge in [-0.2, -0.15) is 0 Å². The van der Waals surface area contributed by atoms with E-state index in [1.54, 1.807) is 0 Å². The Balaban J connectivity index is 1.53. The first-order valence-corrected chi connectivity index (χ1v) is 10.5. The van der Waals surface area contributed by atoms with Gasteiger partial charge in [-0.15, -0.1) is 0 Å². The average Bonchev–Trinajstić information content (AvgIpc) is 2.90. The Morgan fingerprint density at radius 2 is 1.70 bits per heavy atom. The molecule has 0 aliphatic carbocycles. The van der Waals surface area contributed by atoms with Gasteiger partial charge in [0.1, 0.15) is 30.3 Å². The van der Waals surface area contributed by atoms with Gasteiger partial charge in [0.25, 0.3) is 0 Å². The first kappa shape index (κ1) is 22.6. The zero-order valence-electron chi connectivity index (χ0n) is 18.3. The Hall–Kier alpha value is -2.12. The van der Waals surface area contributed by atoms with E-state index in [4.69, 9.17) is 14.2 Å². The fraction of sp³-hybridized carbons (Fsp3) is 0.500. The number of rotatable bonds is 9. The minimum absolute atomic E-state index is 0.200. The Morgan fingerprint density at radius 1 is 1.03 bits per heavy atom. The van der Waals surface area contributed by atoms with Gasteiger partial charge >= 0.3 is 0 Å². The van der Waals surface area contributed by atoms with Crippen LogP contribution in [-0.2, 0) is 11.3 Å². The summed E-state index contributed by atoms with van der Waals surface area (Å²) in [6, 6.07) is 16.0. The van der Waals surface area contributed by atoms with Crippen molar-refractivity contribution in [1.82, 2.24) is 9.80 Å². The highest BCUT2D eigenvalue weighted by molar-refractivity contribution is 5.28. The van der Waals surface area contributed by atoms with Crippen LogP contribution in [0.2, 0.25) is 0 Å². The van der Waals surface area contributed by atoms with Crippen LogP contribution >= 0.6 is 0 Å². The third-order valence-corrected chi connectivity index (χ3v) is 5.11. The van der Waals surface area contributed by atoms with E-state index < -0.39 is 5.60 Å². The number of nitrogens with zero attached hydrogens (tertiary/aromatic N) is 2. The molecule has 1 saturated heterocycles. The number of hydrogen-bond donors (Lipinski definition) is 1. The van der Waals surface area contributed by atoms with Crippen LogP contribution in [0.25, 0.3) is 0 Å². The van der Waals surface area contributed by atoms with Crippen molar-refractivity contribution in [1.29, 1.82) is 0 Å². The topological polar surface area (TPSA) is 54.4 Å². The fourth-order valence-corrected chi connectivity index (χ4v) is 3.37. The summed E-state index contributed by atoms with van der Waals surface area (Å²) in [4.78, 5) is 4.31. The maximum absolute atomic E-state index is 11.1. The number of aliphatic hydroxyl groups is 1. The number of aryl methyl sites for hydroxylation is 1. The molecule has 0 aromatic heterocycles. The van der Waals surface area contributed by atoms with Crippen molar-refractivity contribution in [2.45, 2.75) is 19.1 Å². The summed E-state index contributed by atoms with van der Waals surface area (Å²) in [5, 5.41) is 11.1. The van der Waals surface area contributed by atoms with Gasteiger partial charge in [0.05, 0.1) is 13.2 Å². The zero-order valence-corrected chi connectivity index (χ0v) is 18.3. The minimum Gasteiger partial charge on any atom is -0.492 e. The van der Waals surface area contributed by atoms with Gasteiger partial charge in [0.2, 0.25) is 0 Å². The standard InChI is InChI=1S/C24H34N2O4/c1-20-4-8-23(9-5-20)30-19-24(27)17-26(13-14-28-18-24)16-21-6-10-22(11-7-21)29-15-12-25(2)3/h4-11,27H,12-19H2,1-3H3/t24-/m1/s1. The molecule has 164 valence electrons. The zero-order chi connectivity index (χ0) is 21.4. The van der Waals surface area contributed by atoms with E-state index in [2.05, 4.69) is 21.9 Å². The highest BCUT2D eigenvalue weighted by Gasteiger charge is 2.33. The number of hydrogen-bond acceptors (Lipinski definition) is 6. The summed E-state index contributed by atoms with van der Waals surface area (Å²) >= 11 is 0. The van der Waals surface area contributed by atoms with Gasteiger partial charge in [0.15, 0.2) is 0 Å². The van der Waals surface area contributed by atoms with Crippen molar-refractivity contribution in [3.63, 3.8) is 0 Å². The Labute approximate surface area is 180 Å². The van der Waals surface area contributed by atoms with Crippen molar-refractivity contribution in [2.75, 3.05) is 60.2 Å². The summed E-state index contributed by atoms with van der Waals surface area (Å²) in [5.74, 6) is 1.64. The number of ether oxygens (including phenoxy) is 3. The second-order valence-corrected chi connectivity index (χ2v) is 8.38. The molecule has 3 rings (SSSR count). The van der Waals surface area contributed by atoms with Crippen molar-refractivity contribution in [3.05, 3.63) is 59.7 Å². The number of likely N-dealkylation sites (N-methyl/N-ethyl adjacent to an activating group) is 1. The molecule has 1 aliphatic rings. The molecule has 1 fully saturated rings. The van der Waals surface area contributed by atoms with E-state index in [0.717, 1.165) is 31.1 Å². The Bertz CT molecular complexity index is 764. The van der Waals surface area contributed by atoms with Crippen LogP contribution in [0.4, 0.5) is 0 Å². The first-order valence-electron chi connectivity index (χ1n) is 10.5. The van der Waals surface area contributed by atoms with Crippen LogP contribution in [0.15, 0.2) is 48.5 Å². The lowest BCUT2D eigenvalue weighted by Gasteiger charge is -2.30. The summed E-state index contributed by atoms with van der Waals surface area (Å²) < 4.78 is 17.3. The van der Waals surface area contributed by atoms with Gasteiger partial charge in [-0.05, 0) is 50.8 Å². The summed E-state index contributed by atoms with van der Waals surface area (Å²) in [7, 11) is 4.06. The highest BCUT2D eigenvalue weighted by atomic mass is 16.5. The van der Waals surface area contributed by atoms with Crippen LogP contribution in [0.5, 0.6) is 11.5 Å². The lowest BCUT2D eigenvalue weighted by molar-refractivity contribution is -0.0646. The van der Waals surface area contributed by atoms with Gasteiger partial charge in [0, 0.05) is 26.2 Å². The van der Waals surface area contributed by atoms with Crippen LogP contribution in [0.3, 0.4) is 0 Å². The molecule has 0 spiro atoms. The van der Waals surface area contributed by atoms with E-state index in [9.17, 15) is 5.11 Å².